The first kappa shape index (κ1) is 21.3. The van der Waals surface area contributed by atoms with Crippen molar-refractivity contribution in [3.8, 4) is 5.75 Å². The van der Waals surface area contributed by atoms with Gasteiger partial charge in [-0.25, -0.2) is 4.68 Å². The lowest BCUT2D eigenvalue weighted by molar-refractivity contribution is -0.152. The van der Waals surface area contributed by atoms with Crippen LogP contribution < -0.4 is 21.5 Å². The lowest BCUT2D eigenvalue weighted by Gasteiger charge is -2.44. The maximum Gasteiger partial charge on any atom is 0.271 e. The average molecular weight is 441 g/mol. The first-order valence-corrected chi connectivity index (χ1v) is 10.1. The minimum absolute atomic E-state index is 0.171. The van der Waals surface area contributed by atoms with Gasteiger partial charge in [-0.1, -0.05) is 17.3 Å². The number of hydrogen-bond acceptors (Lipinski definition) is 7. The van der Waals surface area contributed by atoms with Crippen LogP contribution in [0.4, 0.5) is 0 Å². The van der Waals surface area contributed by atoms with Crippen LogP contribution in [0.1, 0.15) is 45.4 Å². The Morgan fingerprint density at radius 3 is 2.53 bits per heavy atom. The van der Waals surface area contributed by atoms with Crippen LogP contribution in [0.5, 0.6) is 5.75 Å². The van der Waals surface area contributed by atoms with Crippen LogP contribution in [-0.2, 0) is 16.0 Å². The summed E-state index contributed by atoms with van der Waals surface area (Å²) in [5.41, 5.74) is 11.0. The zero-order chi connectivity index (χ0) is 23.0. The number of nitrogens with zero attached hydrogens (tertiary/aromatic N) is 4. The maximum atomic E-state index is 13.1. The molecule has 0 saturated carbocycles. The van der Waals surface area contributed by atoms with E-state index in [-0.39, 0.29) is 36.2 Å². The monoisotopic (exact) mass is 441 g/mol. The topological polar surface area (TPSA) is 176 Å². The van der Waals surface area contributed by atoms with E-state index in [1.165, 1.54) is 4.68 Å². The summed E-state index contributed by atoms with van der Waals surface area (Å²) in [6.45, 7) is 0.282. The molecule has 12 heteroatoms. The van der Waals surface area contributed by atoms with Crippen molar-refractivity contribution in [3.63, 3.8) is 0 Å². The number of hydrogen-bond donors (Lipinski definition) is 3. The molecule has 4 rings (SSSR count). The third kappa shape index (κ3) is 3.74. The number of nitrogens with two attached hydrogens (primary N) is 2. The second-order valence-corrected chi connectivity index (χ2v) is 7.80. The van der Waals surface area contributed by atoms with Gasteiger partial charge in [0.15, 0.2) is 11.4 Å². The Kier molecular flexibility index (Phi) is 5.51. The molecule has 0 spiro atoms. The second kappa shape index (κ2) is 8.29. The van der Waals surface area contributed by atoms with E-state index >= 15 is 0 Å². The van der Waals surface area contributed by atoms with E-state index in [0.717, 1.165) is 5.56 Å². The fourth-order valence-electron chi connectivity index (χ4n) is 4.29. The minimum Gasteiger partial charge on any atom is -0.497 e. The molecule has 0 aliphatic carbocycles. The summed E-state index contributed by atoms with van der Waals surface area (Å²) < 4.78 is 6.38. The summed E-state index contributed by atoms with van der Waals surface area (Å²) in [4.78, 5) is 50.9. The number of piperazine rings is 1. The van der Waals surface area contributed by atoms with Gasteiger partial charge < -0.3 is 26.4 Å². The molecule has 2 aliphatic rings. The number of carbonyl (C=O) groups excluding carboxylic acids is 4. The molecule has 4 amide bonds. The van der Waals surface area contributed by atoms with E-state index in [0.29, 0.717) is 18.6 Å². The summed E-state index contributed by atoms with van der Waals surface area (Å²) in [7, 11) is 1.57. The first-order chi connectivity index (χ1) is 15.3. The Morgan fingerprint density at radius 1 is 1.19 bits per heavy atom. The quantitative estimate of drug-likeness (QED) is 0.502. The third-order valence-electron chi connectivity index (χ3n) is 5.88. The maximum absolute atomic E-state index is 13.1. The number of fused-ring (bicyclic) bond motifs is 1. The smallest absolute Gasteiger partial charge is 0.271 e. The number of ether oxygens (including phenoxy) is 1. The van der Waals surface area contributed by atoms with Gasteiger partial charge in [0.1, 0.15) is 17.8 Å². The van der Waals surface area contributed by atoms with Crippen LogP contribution in [0.15, 0.2) is 24.3 Å². The van der Waals surface area contributed by atoms with E-state index in [9.17, 15) is 19.2 Å². The minimum atomic E-state index is -0.922. The highest BCUT2D eigenvalue weighted by Gasteiger charge is 2.45. The van der Waals surface area contributed by atoms with Crippen molar-refractivity contribution >= 4 is 23.6 Å². The highest BCUT2D eigenvalue weighted by Crippen LogP contribution is 2.31. The molecule has 0 radical (unpaired) electrons. The number of benzene rings is 1. The molecule has 1 aromatic heterocycles. The van der Waals surface area contributed by atoms with Crippen molar-refractivity contribution in [1.29, 1.82) is 0 Å². The van der Waals surface area contributed by atoms with Crippen molar-refractivity contribution in [1.82, 2.24) is 25.2 Å². The van der Waals surface area contributed by atoms with Crippen LogP contribution in [0.2, 0.25) is 0 Å². The Morgan fingerprint density at radius 2 is 1.91 bits per heavy atom. The van der Waals surface area contributed by atoms with Gasteiger partial charge in [0.2, 0.25) is 11.8 Å². The molecule has 3 atom stereocenters. The number of rotatable bonds is 6. The molecule has 2 aliphatic heterocycles. The van der Waals surface area contributed by atoms with Crippen LogP contribution in [0, 0.1) is 0 Å². The fourth-order valence-corrected chi connectivity index (χ4v) is 4.29. The molecule has 5 N–H and O–H groups in total. The molecular formula is C20H23N7O5. The van der Waals surface area contributed by atoms with E-state index in [2.05, 4.69) is 15.6 Å². The number of aromatic nitrogens is 3. The normalized spacial score (nSPS) is 22.8. The molecular weight excluding hydrogens is 418 g/mol. The van der Waals surface area contributed by atoms with Gasteiger partial charge in [0, 0.05) is 13.0 Å². The van der Waals surface area contributed by atoms with Crippen LogP contribution in [0.3, 0.4) is 0 Å². The summed E-state index contributed by atoms with van der Waals surface area (Å²) in [6.07, 6.45) is 0.972. The number of nitrogens with one attached hydrogen (secondary N) is 1. The highest BCUT2D eigenvalue weighted by atomic mass is 16.5. The SMILES string of the molecule is COc1ccc(CC2NC(=O)C3CC(n4nnc(C(N)=O)c4C(N)=O)CCN3C2=O)cc1. The summed E-state index contributed by atoms with van der Waals surface area (Å²) in [5, 5.41) is 10.3. The predicted octanol–water partition coefficient (Wildman–Crippen LogP) is -1.24. The first-order valence-electron chi connectivity index (χ1n) is 10.1. The molecule has 2 saturated heterocycles. The molecule has 12 nitrogen and oxygen atoms in total. The van der Waals surface area contributed by atoms with Crippen LogP contribution in [-0.4, -0.2) is 69.3 Å². The van der Waals surface area contributed by atoms with E-state index < -0.39 is 29.9 Å². The number of amides is 4. The van der Waals surface area contributed by atoms with Crippen molar-refractivity contribution in [2.75, 3.05) is 13.7 Å². The van der Waals surface area contributed by atoms with Gasteiger partial charge >= 0.3 is 0 Å². The van der Waals surface area contributed by atoms with Gasteiger partial charge in [-0.2, -0.15) is 0 Å². The van der Waals surface area contributed by atoms with Crippen molar-refractivity contribution in [3.05, 3.63) is 41.2 Å². The number of methoxy groups -OCH3 is 1. The van der Waals surface area contributed by atoms with E-state index in [4.69, 9.17) is 16.2 Å². The Balaban J connectivity index is 1.50. The van der Waals surface area contributed by atoms with Crippen molar-refractivity contribution < 1.29 is 23.9 Å². The van der Waals surface area contributed by atoms with Crippen molar-refractivity contribution in [2.45, 2.75) is 37.4 Å². The number of carbonyl (C=O) groups is 4. The largest absolute Gasteiger partial charge is 0.497 e. The van der Waals surface area contributed by atoms with E-state index in [1.54, 1.807) is 24.1 Å². The van der Waals surface area contributed by atoms with Crippen LogP contribution in [0.25, 0.3) is 0 Å². The molecule has 2 aromatic rings. The van der Waals surface area contributed by atoms with Crippen molar-refractivity contribution in [2.24, 2.45) is 11.5 Å². The summed E-state index contributed by atoms with van der Waals surface area (Å²) in [6, 6.07) is 5.46. The van der Waals surface area contributed by atoms with E-state index in [1.807, 2.05) is 12.1 Å². The Labute approximate surface area is 182 Å². The lowest BCUT2D eigenvalue weighted by Crippen LogP contribution is -2.65. The van der Waals surface area contributed by atoms with Gasteiger partial charge in [0.25, 0.3) is 11.8 Å². The fraction of sp³-hybridized carbons (Fsp3) is 0.400. The number of piperidine rings is 1. The molecule has 2 fully saturated rings. The average Bonchev–Trinajstić information content (AvgIpc) is 3.23. The molecule has 32 heavy (non-hydrogen) atoms. The zero-order valence-corrected chi connectivity index (χ0v) is 17.4. The summed E-state index contributed by atoms with van der Waals surface area (Å²) in [5.74, 6) is -1.57. The van der Waals surface area contributed by atoms with Gasteiger partial charge in [-0.05, 0) is 30.5 Å². The molecule has 0 bridgehead atoms. The Hall–Kier alpha value is -3.96. The lowest BCUT2D eigenvalue weighted by atomic mass is 9.91. The van der Waals surface area contributed by atoms with Crippen LogP contribution >= 0.6 is 0 Å². The second-order valence-electron chi connectivity index (χ2n) is 7.80. The van der Waals surface area contributed by atoms with Gasteiger partial charge in [-0.3, -0.25) is 19.2 Å². The zero-order valence-electron chi connectivity index (χ0n) is 17.4. The number of primary amides is 2. The standard InChI is InChI=1S/C20H23N7O5/c1-32-12-4-2-10(3-5-12)8-13-20(31)26-7-6-11(9-14(26)19(30)23-13)27-16(18(22)29)15(17(21)28)24-25-27/h2-5,11,13-14H,6-9H2,1H3,(H2,21,28)(H2,22,29)(H,23,30). The highest BCUT2D eigenvalue weighted by molar-refractivity contribution is 6.03. The Bertz CT molecular complexity index is 1080. The molecule has 1 aromatic carbocycles. The third-order valence-corrected chi connectivity index (χ3v) is 5.88. The molecule has 3 unspecified atom stereocenters. The van der Waals surface area contributed by atoms with Gasteiger partial charge in [0.05, 0.1) is 13.2 Å². The van der Waals surface area contributed by atoms with Gasteiger partial charge in [-0.15, -0.1) is 5.10 Å². The predicted molar refractivity (Wildman–Crippen MR) is 109 cm³/mol. The summed E-state index contributed by atoms with van der Waals surface area (Å²) >= 11 is 0. The molecule has 168 valence electrons. The molecule has 3 heterocycles.